The van der Waals surface area contributed by atoms with Crippen molar-refractivity contribution in [3.63, 3.8) is 0 Å². The van der Waals surface area contributed by atoms with E-state index in [2.05, 4.69) is 25.9 Å². The van der Waals surface area contributed by atoms with Crippen LogP contribution in [0.3, 0.4) is 0 Å². The molecule has 3 rings (SSSR count). The number of rotatable bonds is 7. The maximum absolute atomic E-state index is 12.7. The van der Waals surface area contributed by atoms with E-state index in [1.54, 1.807) is 23.0 Å². The summed E-state index contributed by atoms with van der Waals surface area (Å²) in [4.78, 5) is 11.9. The highest BCUT2D eigenvalue weighted by Crippen LogP contribution is 2.29. The highest BCUT2D eigenvalue weighted by Gasteiger charge is 2.30. The Labute approximate surface area is 165 Å². The van der Waals surface area contributed by atoms with Crippen molar-refractivity contribution < 1.29 is 18.0 Å². The Morgan fingerprint density at radius 1 is 1.10 bits per heavy atom. The number of nitrogens with zero attached hydrogens (tertiary/aromatic N) is 4. The van der Waals surface area contributed by atoms with Crippen LogP contribution in [0.4, 0.5) is 19.0 Å². The molecule has 0 bridgehead atoms. The number of alkyl halides is 3. The Morgan fingerprint density at radius 3 is 2.59 bits per heavy atom. The van der Waals surface area contributed by atoms with E-state index in [1.807, 2.05) is 13.0 Å². The summed E-state index contributed by atoms with van der Waals surface area (Å²) < 4.78 is 39.7. The summed E-state index contributed by atoms with van der Waals surface area (Å²) in [6.45, 7) is 2.56. The lowest BCUT2D eigenvalue weighted by molar-refractivity contribution is -0.137. The van der Waals surface area contributed by atoms with Crippen molar-refractivity contribution in [3.05, 3.63) is 65.5 Å². The Kier molecular flexibility index (Phi) is 6.10. The van der Waals surface area contributed by atoms with Gasteiger partial charge in [-0.1, -0.05) is 18.2 Å². The fourth-order valence-electron chi connectivity index (χ4n) is 2.58. The Morgan fingerprint density at radius 2 is 1.93 bits per heavy atom. The van der Waals surface area contributed by atoms with E-state index in [1.165, 1.54) is 12.1 Å². The van der Waals surface area contributed by atoms with Gasteiger partial charge in [0.2, 0.25) is 5.91 Å². The molecule has 0 aliphatic rings. The van der Waals surface area contributed by atoms with Crippen molar-refractivity contribution in [2.75, 3.05) is 18.4 Å². The molecule has 7 nitrogen and oxygen atoms in total. The van der Waals surface area contributed by atoms with Crippen molar-refractivity contribution in [3.8, 4) is 5.82 Å². The number of anilines is 1. The van der Waals surface area contributed by atoms with Gasteiger partial charge < -0.3 is 10.6 Å². The lowest BCUT2D eigenvalue weighted by Gasteiger charge is -2.10. The summed E-state index contributed by atoms with van der Waals surface area (Å²) in [6.07, 6.45) is -2.77. The van der Waals surface area contributed by atoms with Gasteiger partial charge in [-0.2, -0.15) is 18.3 Å². The summed E-state index contributed by atoms with van der Waals surface area (Å²) in [5.74, 6) is 0.754. The zero-order valence-corrected chi connectivity index (χ0v) is 15.6. The highest BCUT2D eigenvalue weighted by molar-refractivity contribution is 5.78. The molecule has 0 aliphatic heterocycles. The Balaban J connectivity index is 1.43. The fraction of sp³-hybridized carbons (Fsp3) is 0.263. The SMILES string of the molecule is Cc1ccn(-c2ccc(NCCNC(=O)Cc3cccc(C(F)(F)F)c3)nn2)n1. The molecule has 1 aromatic carbocycles. The molecule has 3 aromatic rings. The third-order valence-corrected chi connectivity index (χ3v) is 3.98. The van der Waals surface area contributed by atoms with Crippen LogP contribution in [0.1, 0.15) is 16.8 Å². The first-order chi connectivity index (χ1) is 13.8. The Hall–Kier alpha value is -3.43. The van der Waals surface area contributed by atoms with Gasteiger partial charge in [-0.15, -0.1) is 10.2 Å². The minimum absolute atomic E-state index is 0.123. The van der Waals surface area contributed by atoms with Crippen LogP contribution < -0.4 is 10.6 Å². The number of aryl methyl sites for hydroxylation is 1. The Bertz CT molecular complexity index is 969. The first-order valence-corrected chi connectivity index (χ1v) is 8.84. The van der Waals surface area contributed by atoms with E-state index in [0.717, 1.165) is 17.8 Å². The molecular weight excluding hydrogens is 385 g/mol. The number of benzene rings is 1. The van der Waals surface area contributed by atoms with E-state index in [9.17, 15) is 18.0 Å². The lowest BCUT2D eigenvalue weighted by atomic mass is 10.1. The van der Waals surface area contributed by atoms with Crippen LogP contribution in [-0.2, 0) is 17.4 Å². The monoisotopic (exact) mass is 404 g/mol. The van der Waals surface area contributed by atoms with Crippen molar-refractivity contribution in [1.29, 1.82) is 0 Å². The van der Waals surface area contributed by atoms with Crippen LogP contribution in [0, 0.1) is 6.92 Å². The topological polar surface area (TPSA) is 84.7 Å². The molecule has 10 heteroatoms. The van der Waals surface area contributed by atoms with Crippen LogP contribution in [0.5, 0.6) is 0 Å². The van der Waals surface area contributed by atoms with Gasteiger partial charge in [0.15, 0.2) is 5.82 Å². The van der Waals surface area contributed by atoms with Crippen LogP contribution in [0.25, 0.3) is 5.82 Å². The molecule has 1 amide bonds. The molecule has 2 aromatic heterocycles. The first kappa shape index (κ1) is 20.3. The smallest absolute Gasteiger partial charge is 0.367 e. The molecular formula is C19H19F3N6O. The van der Waals surface area contributed by atoms with Crippen molar-refractivity contribution in [2.24, 2.45) is 0 Å². The molecule has 152 valence electrons. The predicted octanol–water partition coefficient (Wildman–Crippen LogP) is 2.76. The summed E-state index contributed by atoms with van der Waals surface area (Å²) in [7, 11) is 0. The predicted molar refractivity (Wildman–Crippen MR) is 101 cm³/mol. The van der Waals surface area contributed by atoms with E-state index < -0.39 is 11.7 Å². The van der Waals surface area contributed by atoms with E-state index in [4.69, 9.17) is 0 Å². The van der Waals surface area contributed by atoms with Gasteiger partial charge in [-0.3, -0.25) is 4.79 Å². The molecule has 0 atom stereocenters. The van der Waals surface area contributed by atoms with E-state index in [-0.39, 0.29) is 12.3 Å². The van der Waals surface area contributed by atoms with E-state index >= 15 is 0 Å². The molecule has 0 aliphatic carbocycles. The van der Waals surface area contributed by atoms with Crippen LogP contribution in [0.2, 0.25) is 0 Å². The van der Waals surface area contributed by atoms with Crippen LogP contribution >= 0.6 is 0 Å². The molecule has 0 fully saturated rings. The number of amides is 1. The molecule has 0 radical (unpaired) electrons. The largest absolute Gasteiger partial charge is 0.416 e. The third kappa shape index (κ3) is 5.77. The number of carbonyl (C=O) groups is 1. The van der Waals surface area contributed by atoms with Crippen LogP contribution in [0.15, 0.2) is 48.7 Å². The normalized spacial score (nSPS) is 11.3. The number of carbonyl (C=O) groups excluding carboxylic acids is 1. The van der Waals surface area contributed by atoms with Crippen molar-refractivity contribution >= 4 is 11.7 Å². The molecule has 29 heavy (non-hydrogen) atoms. The average Bonchev–Trinajstić information content (AvgIpc) is 3.12. The third-order valence-electron chi connectivity index (χ3n) is 3.98. The number of hydrogen-bond donors (Lipinski definition) is 2. The fourth-order valence-corrected chi connectivity index (χ4v) is 2.58. The average molecular weight is 404 g/mol. The quantitative estimate of drug-likeness (QED) is 0.592. The lowest BCUT2D eigenvalue weighted by Crippen LogP contribution is -2.30. The number of nitrogens with one attached hydrogen (secondary N) is 2. The van der Waals surface area contributed by atoms with Crippen molar-refractivity contribution in [1.82, 2.24) is 25.3 Å². The van der Waals surface area contributed by atoms with Crippen molar-refractivity contribution in [2.45, 2.75) is 19.5 Å². The van der Waals surface area contributed by atoms with Gasteiger partial charge in [-0.05, 0) is 36.8 Å². The maximum atomic E-state index is 12.7. The zero-order chi connectivity index (χ0) is 20.9. The minimum atomic E-state index is -4.43. The minimum Gasteiger partial charge on any atom is -0.367 e. The molecule has 2 N–H and O–H groups in total. The second-order valence-electron chi connectivity index (χ2n) is 6.33. The molecule has 0 saturated heterocycles. The summed E-state index contributed by atoms with van der Waals surface area (Å²) in [5.41, 5.74) is 0.409. The summed E-state index contributed by atoms with van der Waals surface area (Å²) in [5, 5.41) is 18.0. The van der Waals surface area contributed by atoms with Gasteiger partial charge >= 0.3 is 6.18 Å². The van der Waals surface area contributed by atoms with Gasteiger partial charge in [0, 0.05) is 19.3 Å². The number of hydrogen-bond acceptors (Lipinski definition) is 5. The van der Waals surface area contributed by atoms with Gasteiger partial charge in [0.1, 0.15) is 5.82 Å². The summed E-state index contributed by atoms with van der Waals surface area (Å²) in [6, 6.07) is 10.1. The molecule has 0 spiro atoms. The number of aromatic nitrogens is 4. The van der Waals surface area contributed by atoms with Crippen LogP contribution in [-0.4, -0.2) is 39.0 Å². The molecule has 0 unspecified atom stereocenters. The standard InChI is InChI=1S/C19H19F3N6O/c1-13-7-10-28(27-13)17-6-5-16(25-26-17)23-8-9-24-18(29)12-14-3-2-4-15(11-14)19(20,21)22/h2-7,10-11H,8-9,12H2,1H3,(H,23,25)(H,24,29). The maximum Gasteiger partial charge on any atom is 0.416 e. The second-order valence-corrected chi connectivity index (χ2v) is 6.33. The number of halogens is 3. The van der Waals surface area contributed by atoms with E-state index in [0.29, 0.717) is 30.3 Å². The highest BCUT2D eigenvalue weighted by atomic mass is 19.4. The zero-order valence-electron chi connectivity index (χ0n) is 15.6. The first-order valence-electron chi connectivity index (χ1n) is 8.84. The molecule has 2 heterocycles. The van der Waals surface area contributed by atoms with Gasteiger partial charge in [0.25, 0.3) is 0 Å². The second kappa shape index (κ2) is 8.72. The molecule has 0 saturated carbocycles. The summed E-state index contributed by atoms with van der Waals surface area (Å²) >= 11 is 0. The van der Waals surface area contributed by atoms with Gasteiger partial charge in [0.05, 0.1) is 17.7 Å². The van der Waals surface area contributed by atoms with Gasteiger partial charge in [-0.25, -0.2) is 4.68 Å².